The number of nitrogens with one attached hydrogen (secondary N) is 1. The van der Waals surface area contributed by atoms with Crippen LogP contribution in [0.3, 0.4) is 0 Å². The van der Waals surface area contributed by atoms with Gasteiger partial charge in [-0.15, -0.1) is 0 Å². The van der Waals surface area contributed by atoms with Gasteiger partial charge >= 0.3 is 0 Å². The van der Waals surface area contributed by atoms with E-state index in [1.165, 1.54) is 0 Å². The maximum atomic E-state index is 11.2. The molecule has 3 rings (SSSR count). The molecule has 2 aromatic rings. The van der Waals surface area contributed by atoms with Gasteiger partial charge in [-0.1, -0.05) is 19.1 Å². The Morgan fingerprint density at radius 3 is 2.75 bits per heavy atom. The van der Waals surface area contributed by atoms with Crippen LogP contribution >= 0.6 is 0 Å². The number of rotatable bonds is 6. The Labute approximate surface area is 142 Å². The van der Waals surface area contributed by atoms with Crippen LogP contribution in [0.25, 0.3) is 0 Å². The van der Waals surface area contributed by atoms with Crippen LogP contribution in [-0.2, 0) is 18.6 Å². The van der Waals surface area contributed by atoms with Crippen LogP contribution in [0.1, 0.15) is 43.9 Å². The molecule has 2 unspecified atom stereocenters. The molecule has 0 spiro atoms. The summed E-state index contributed by atoms with van der Waals surface area (Å²) in [5.74, 6) is 2.50. The lowest BCUT2D eigenvalue weighted by atomic mass is 9.86. The lowest BCUT2D eigenvalue weighted by Gasteiger charge is -2.36. The van der Waals surface area contributed by atoms with Gasteiger partial charge in [0, 0.05) is 12.5 Å². The number of aryl methyl sites for hydroxylation is 1. The molecule has 2 N–H and O–H groups in total. The molecule has 0 radical (unpaired) electrons. The quantitative estimate of drug-likeness (QED) is 0.850. The van der Waals surface area contributed by atoms with Crippen LogP contribution in [0.4, 0.5) is 0 Å². The van der Waals surface area contributed by atoms with Gasteiger partial charge in [0.2, 0.25) is 0 Å². The average Bonchev–Trinajstić information content (AvgIpc) is 3.25. The molecule has 1 aromatic heterocycles. The molecule has 1 aliphatic rings. The topological polar surface area (TPSA) is 74.3 Å². The van der Waals surface area contributed by atoms with Crippen molar-refractivity contribution in [2.45, 2.75) is 51.3 Å². The maximum Gasteiger partial charge on any atom is 0.150 e. The summed E-state index contributed by atoms with van der Waals surface area (Å²) in [7, 11) is 1.65. The van der Waals surface area contributed by atoms with E-state index in [2.05, 4.69) is 20.1 Å². The number of aromatic nitrogens is 3. The third-order valence-electron chi connectivity index (χ3n) is 4.93. The summed E-state index contributed by atoms with van der Waals surface area (Å²) in [6.45, 7) is 5.58. The largest absolute Gasteiger partial charge is 0.497 e. The molecule has 1 saturated heterocycles. The van der Waals surface area contributed by atoms with Gasteiger partial charge in [-0.25, -0.2) is 4.98 Å². The number of nitrogens with zero attached hydrogens (tertiary/aromatic N) is 3. The summed E-state index contributed by atoms with van der Waals surface area (Å²) in [6, 6.07) is 7.74. The molecule has 2 atom stereocenters. The van der Waals surface area contributed by atoms with Crippen molar-refractivity contribution in [1.82, 2.24) is 20.1 Å². The second kappa shape index (κ2) is 6.91. The van der Waals surface area contributed by atoms with E-state index in [9.17, 15) is 5.11 Å². The fraction of sp³-hybridized carbons (Fsp3) is 0.556. The molecule has 1 aromatic carbocycles. The summed E-state index contributed by atoms with van der Waals surface area (Å²) in [6.07, 6.45) is 2.86. The van der Waals surface area contributed by atoms with Crippen molar-refractivity contribution < 1.29 is 9.84 Å². The van der Waals surface area contributed by atoms with Gasteiger partial charge in [0.15, 0.2) is 0 Å². The first kappa shape index (κ1) is 16.9. The van der Waals surface area contributed by atoms with Crippen LogP contribution in [-0.4, -0.2) is 44.9 Å². The Morgan fingerprint density at radius 1 is 1.38 bits per heavy atom. The van der Waals surface area contributed by atoms with Crippen molar-refractivity contribution in [1.29, 1.82) is 0 Å². The molecular weight excluding hydrogens is 304 g/mol. The van der Waals surface area contributed by atoms with Gasteiger partial charge in [0.1, 0.15) is 23.0 Å². The van der Waals surface area contributed by atoms with Gasteiger partial charge in [-0.2, -0.15) is 5.10 Å². The number of hydrogen-bond acceptors (Lipinski definition) is 5. The Morgan fingerprint density at radius 2 is 2.12 bits per heavy atom. The number of ether oxygens (including phenoxy) is 1. The lowest BCUT2D eigenvalue weighted by molar-refractivity contribution is -0.0261. The molecule has 0 aliphatic carbocycles. The van der Waals surface area contributed by atoms with Crippen molar-refractivity contribution in [3.63, 3.8) is 0 Å². The van der Waals surface area contributed by atoms with Crippen LogP contribution in [0, 0.1) is 0 Å². The highest BCUT2D eigenvalue weighted by atomic mass is 16.5. The van der Waals surface area contributed by atoms with Gasteiger partial charge < -0.3 is 9.84 Å². The molecule has 1 fully saturated rings. The number of methoxy groups -OCH3 is 1. The van der Waals surface area contributed by atoms with Crippen molar-refractivity contribution in [2.24, 2.45) is 0 Å². The average molecular weight is 330 g/mol. The number of aromatic amines is 1. The second-order valence-corrected chi connectivity index (χ2v) is 6.56. The SMILES string of the molecule is CCc1n[nH]c(CN2CCCC2C(C)(O)c2ccc(OC)cc2)n1. The van der Waals surface area contributed by atoms with E-state index < -0.39 is 5.60 Å². The van der Waals surface area contributed by atoms with Gasteiger partial charge in [0.25, 0.3) is 0 Å². The van der Waals surface area contributed by atoms with Crippen molar-refractivity contribution in [3.8, 4) is 5.75 Å². The third kappa shape index (κ3) is 3.30. The number of benzene rings is 1. The molecule has 0 amide bonds. The molecule has 24 heavy (non-hydrogen) atoms. The highest BCUT2D eigenvalue weighted by molar-refractivity contribution is 5.31. The van der Waals surface area contributed by atoms with Crippen molar-refractivity contribution in [2.75, 3.05) is 13.7 Å². The fourth-order valence-corrected chi connectivity index (χ4v) is 3.53. The summed E-state index contributed by atoms with van der Waals surface area (Å²) in [5.41, 5.74) is -0.0110. The molecule has 1 aliphatic heterocycles. The van der Waals surface area contributed by atoms with E-state index in [0.29, 0.717) is 6.54 Å². The van der Waals surface area contributed by atoms with Crippen LogP contribution in [0.5, 0.6) is 5.75 Å². The maximum absolute atomic E-state index is 11.2. The van der Waals surface area contributed by atoms with E-state index in [0.717, 1.165) is 48.8 Å². The number of aliphatic hydroxyl groups is 1. The smallest absolute Gasteiger partial charge is 0.150 e. The summed E-state index contributed by atoms with van der Waals surface area (Å²) in [5, 5.41) is 18.4. The Bertz CT molecular complexity index is 666. The molecule has 0 bridgehead atoms. The van der Waals surface area contributed by atoms with E-state index in [4.69, 9.17) is 4.74 Å². The second-order valence-electron chi connectivity index (χ2n) is 6.56. The van der Waals surface area contributed by atoms with Gasteiger partial charge in [0.05, 0.1) is 13.7 Å². The number of likely N-dealkylation sites (tertiary alicyclic amines) is 1. The van der Waals surface area contributed by atoms with E-state index >= 15 is 0 Å². The zero-order valence-electron chi connectivity index (χ0n) is 14.6. The normalized spacial score (nSPS) is 20.9. The number of hydrogen-bond donors (Lipinski definition) is 2. The summed E-state index contributed by atoms with van der Waals surface area (Å²) >= 11 is 0. The minimum absolute atomic E-state index is 0.0565. The minimum Gasteiger partial charge on any atom is -0.497 e. The third-order valence-corrected chi connectivity index (χ3v) is 4.93. The zero-order chi connectivity index (χ0) is 17.2. The molecule has 130 valence electrons. The first-order valence-corrected chi connectivity index (χ1v) is 8.55. The van der Waals surface area contributed by atoms with E-state index in [-0.39, 0.29) is 6.04 Å². The first-order chi connectivity index (χ1) is 11.5. The Kier molecular flexibility index (Phi) is 4.87. The molecular formula is C18H26N4O2. The van der Waals surface area contributed by atoms with Crippen molar-refractivity contribution in [3.05, 3.63) is 41.5 Å². The van der Waals surface area contributed by atoms with Crippen LogP contribution < -0.4 is 4.74 Å². The monoisotopic (exact) mass is 330 g/mol. The van der Waals surface area contributed by atoms with Gasteiger partial charge in [-0.05, 0) is 44.0 Å². The molecule has 6 heteroatoms. The Balaban J connectivity index is 1.77. The molecule has 0 saturated carbocycles. The Hall–Kier alpha value is -1.92. The minimum atomic E-state index is -0.920. The van der Waals surface area contributed by atoms with Crippen LogP contribution in [0.2, 0.25) is 0 Å². The predicted molar refractivity (Wildman–Crippen MR) is 91.8 cm³/mol. The summed E-state index contributed by atoms with van der Waals surface area (Å²) < 4.78 is 5.21. The van der Waals surface area contributed by atoms with Crippen molar-refractivity contribution >= 4 is 0 Å². The molecule has 6 nitrogen and oxygen atoms in total. The van der Waals surface area contributed by atoms with E-state index in [1.807, 2.05) is 38.1 Å². The first-order valence-electron chi connectivity index (χ1n) is 8.55. The zero-order valence-corrected chi connectivity index (χ0v) is 14.6. The molecule has 2 heterocycles. The summed E-state index contributed by atoms with van der Waals surface area (Å²) in [4.78, 5) is 6.79. The fourth-order valence-electron chi connectivity index (χ4n) is 3.53. The predicted octanol–water partition coefficient (Wildman–Crippen LogP) is 2.25. The van der Waals surface area contributed by atoms with Gasteiger partial charge in [-0.3, -0.25) is 10.00 Å². The standard InChI is InChI=1S/C18H26N4O2/c1-4-16-19-17(21-20-16)12-22-11-5-6-15(22)18(2,23)13-7-9-14(24-3)10-8-13/h7-10,15,23H,4-6,11-12H2,1-3H3,(H,19,20,21). The van der Waals surface area contributed by atoms with E-state index in [1.54, 1.807) is 7.11 Å². The highest BCUT2D eigenvalue weighted by Gasteiger charge is 2.40. The lowest BCUT2D eigenvalue weighted by Crippen LogP contribution is -2.45. The highest BCUT2D eigenvalue weighted by Crippen LogP contribution is 2.35. The number of H-pyrrole nitrogens is 1. The van der Waals surface area contributed by atoms with Crippen LogP contribution in [0.15, 0.2) is 24.3 Å².